The normalized spacial score (nSPS) is 22.1. The third kappa shape index (κ3) is 3.73. The molecular weight excluding hydrogens is 265 g/mol. The van der Waals surface area contributed by atoms with Crippen LogP contribution in [0.1, 0.15) is 36.9 Å². The molecule has 0 saturated carbocycles. The van der Waals surface area contributed by atoms with E-state index in [1.54, 1.807) is 6.07 Å². The molecule has 2 rings (SSSR count). The Bertz CT molecular complexity index is 445. The van der Waals surface area contributed by atoms with Gasteiger partial charge in [0.25, 0.3) is 0 Å². The Balaban J connectivity index is 2.01. The van der Waals surface area contributed by atoms with Gasteiger partial charge in [-0.2, -0.15) is 13.2 Å². The highest BCUT2D eigenvalue weighted by molar-refractivity contribution is 5.28. The minimum atomic E-state index is -4.31. The Kier molecular flexibility index (Phi) is 4.70. The highest BCUT2D eigenvalue weighted by Crippen LogP contribution is 2.31. The molecule has 1 fully saturated rings. The summed E-state index contributed by atoms with van der Waals surface area (Å²) in [7, 11) is 0. The first-order valence-electron chi connectivity index (χ1n) is 7.05. The fourth-order valence-corrected chi connectivity index (χ4v) is 2.74. The number of nitrogens with two attached hydrogens (primary N) is 1. The van der Waals surface area contributed by atoms with E-state index in [2.05, 4.69) is 11.8 Å². The number of nitrogens with zero attached hydrogens (tertiary/aromatic N) is 1. The molecule has 1 aliphatic heterocycles. The molecule has 2 atom stereocenters. The fraction of sp³-hybridized carbons (Fsp3) is 0.600. The lowest BCUT2D eigenvalue weighted by Gasteiger charge is -2.21. The van der Waals surface area contributed by atoms with Gasteiger partial charge in [-0.3, -0.25) is 0 Å². The van der Waals surface area contributed by atoms with Crippen LogP contribution in [0.3, 0.4) is 0 Å². The van der Waals surface area contributed by atoms with Gasteiger partial charge in [0.1, 0.15) is 0 Å². The van der Waals surface area contributed by atoms with Crippen LogP contribution in [0.25, 0.3) is 0 Å². The number of hydrogen-bond acceptors (Lipinski definition) is 2. The molecule has 1 heterocycles. The summed E-state index contributed by atoms with van der Waals surface area (Å²) in [5, 5.41) is 0. The number of benzene rings is 1. The number of hydrogen-bond donors (Lipinski definition) is 1. The number of rotatable bonds is 4. The maximum atomic E-state index is 12.7. The van der Waals surface area contributed by atoms with Crippen molar-refractivity contribution in [1.82, 2.24) is 4.90 Å². The summed E-state index contributed by atoms with van der Waals surface area (Å²) < 4.78 is 38.0. The molecule has 0 aliphatic carbocycles. The van der Waals surface area contributed by atoms with Gasteiger partial charge in [-0.1, -0.05) is 25.5 Å². The van der Waals surface area contributed by atoms with Crippen LogP contribution in [-0.2, 0) is 6.18 Å². The van der Waals surface area contributed by atoms with E-state index in [-0.39, 0.29) is 6.04 Å². The van der Waals surface area contributed by atoms with E-state index in [1.165, 1.54) is 6.07 Å². The molecule has 0 spiro atoms. The smallest absolute Gasteiger partial charge is 0.323 e. The van der Waals surface area contributed by atoms with Crippen molar-refractivity contribution in [3.63, 3.8) is 0 Å². The van der Waals surface area contributed by atoms with E-state index in [0.29, 0.717) is 18.0 Å². The van der Waals surface area contributed by atoms with E-state index in [1.807, 2.05) is 0 Å². The van der Waals surface area contributed by atoms with Gasteiger partial charge >= 0.3 is 6.18 Å². The zero-order valence-electron chi connectivity index (χ0n) is 11.7. The summed E-state index contributed by atoms with van der Waals surface area (Å²) in [5.74, 6) is 0.698. The lowest BCUT2D eigenvalue weighted by Crippen LogP contribution is -2.30. The van der Waals surface area contributed by atoms with Crippen molar-refractivity contribution in [2.75, 3.05) is 19.6 Å². The minimum absolute atomic E-state index is 0.368. The Labute approximate surface area is 117 Å². The molecule has 0 radical (unpaired) electrons. The van der Waals surface area contributed by atoms with Gasteiger partial charge in [0, 0.05) is 19.1 Å². The number of alkyl halides is 3. The van der Waals surface area contributed by atoms with E-state index >= 15 is 0 Å². The van der Waals surface area contributed by atoms with Crippen molar-refractivity contribution in [2.45, 2.75) is 32.0 Å². The second-order valence-corrected chi connectivity index (χ2v) is 5.55. The molecule has 2 N–H and O–H groups in total. The van der Waals surface area contributed by atoms with E-state index in [0.717, 1.165) is 38.1 Å². The molecule has 20 heavy (non-hydrogen) atoms. The first-order chi connectivity index (χ1) is 9.40. The quantitative estimate of drug-likeness (QED) is 0.918. The van der Waals surface area contributed by atoms with E-state index in [9.17, 15) is 13.2 Å². The van der Waals surface area contributed by atoms with Gasteiger partial charge in [-0.25, -0.2) is 0 Å². The monoisotopic (exact) mass is 286 g/mol. The summed E-state index contributed by atoms with van der Waals surface area (Å²) in [4.78, 5) is 2.25. The van der Waals surface area contributed by atoms with Crippen LogP contribution in [0.5, 0.6) is 0 Å². The standard InChI is InChI=1S/C15H21F3N2/c1-2-11-6-7-20(9-11)10-14(19)12-4-3-5-13(8-12)15(16,17)18/h3-5,8,11,14H,2,6-7,9-10,19H2,1H3. The summed E-state index contributed by atoms with van der Waals surface area (Å²) in [5.41, 5.74) is 5.99. The van der Waals surface area contributed by atoms with Gasteiger partial charge in [0.15, 0.2) is 0 Å². The highest BCUT2D eigenvalue weighted by atomic mass is 19.4. The molecule has 0 bridgehead atoms. The lowest BCUT2D eigenvalue weighted by atomic mass is 10.0. The molecule has 1 aromatic rings. The highest BCUT2D eigenvalue weighted by Gasteiger charge is 2.31. The average molecular weight is 286 g/mol. The Morgan fingerprint density at radius 3 is 2.75 bits per heavy atom. The van der Waals surface area contributed by atoms with E-state index < -0.39 is 11.7 Å². The predicted molar refractivity (Wildman–Crippen MR) is 73.2 cm³/mol. The summed E-state index contributed by atoms with van der Waals surface area (Å²) in [6.07, 6.45) is -2.00. The first-order valence-corrected chi connectivity index (χ1v) is 7.05. The number of halogens is 3. The maximum Gasteiger partial charge on any atom is 0.416 e. The molecule has 1 aliphatic rings. The van der Waals surface area contributed by atoms with Crippen molar-refractivity contribution in [3.8, 4) is 0 Å². The average Bonchev–Trinajstić information content (AvgIpc) is 2.85. The van der Waals surface area contributed by atoms with Crippen molar-refractivity contribution in [2.24, 2.45) is 11.7 Å². The predicted octanol–water partition coefficient (Wildman–Crippen LogP) is 3.44. The van der Waals surface area contributed by atoms with Crippen LogP contribution in [0.15, 0.2) is 24.3 Å². The van der Waals surface area contributed by atoms with Crippen molar-refractivity contribution in [3.05, 3.63) is 35.4 Å². The Morgan fingerprint density at radius 1 is 1.40 bits per heavy atom. The topological polar surface area (TPSA) is 29.3 Å². The molecule has 1 saturated heterocycles. The van der Waals surface area contributed by atoms with E-state index in [4.69, 9.17) is 5.73 Å². The fourth-order valence-electron chi connectivity index (χ4n) is 2.74. The molecule has 2 nitrogen and oxygen atoms in total. The SMILES string of the molecule is CCC1CCN(CC(N)c2cccc(C(F)(F)F)c2)C1. The van der Waals surface area contributed by atoms with Crippen LogP contribution in [0, 0.1) is 5.92 Å². The van der Waals surface area contributed by atoms with Gasteiger partial charge in [-0.05, 0) is 36.6 Å². The Morgan fingerprint density at radius 2 is 2.15 bits per heavy atom. The van der Waals surface area contributed by atoms with Gasteiger partial charge < -0.3 is 10.6 Å². The number of likely N-dealkylation sites (tertiary alicyclic amines) is 1. The third-order valence-electron chi connectivity index (χ3n) is 4.04. The molecule has 1 aromatic carbocycles. The van der Waals surface area contributed by atoms with Crippen LogP contribution in [0.4, 0.5) is 13.2 Å². The van der Waals surface area contributed by atoms with Crippen LogP contribution < -0.4 is 5.73 Å². The molecule has 0 amide bonds. The molecular formula is C15H21F3N2. The van der Waals surface area contributed by atoms with Crippen molar-refractivity contribution < 1.29 is 13.2 Å². The van der Waals surface area contributed by atoms with Crippen molar-refractivity contribution in [1.29, 1.82) is 0 Å². The second kappa shape index (κ2) is 6.14. The molecule has 0 aromatic heterocycles. The van der Waals surface area contributed by atoms with Crippen LogP contribution >= 0.6 is 0 Å². The van der Waals surface area contributed by atoms with Gasteiger partial charge in [0.2, 0.25) is 0 Å². The van der Waals surface area contributed by atoms with Crippen LogP contribution in [-0.4, -0.2) is 24.5 Å². The zero-order chi connectivity index (χ0) is 14.8. The first kappa shape index (κ1) is 15.3. The second-order valence-electron chi connectivity index (χ2n) is 5.55. The molecule has 112 valence electrons. The largest absolute Gasteiger partial charge is 0.416 e. The maximum absolute atomic E-state index is 12.7. The summed E-state index contributed by atoms with van der Waals surface area (Å²) in [6, 6.07) is 4.98. The Hall–Kier alpha value is -1.07. The van der Waals surface area contributed by atoms with Gasteiger partial charge in [-0.15, -0.1) is 0 Å². The summed E-state index contributed by atoms with van der Waals surface area (Å²) >= 11 is 0. The molecule has 5 heteroatoms. The minimum Gasteiger partial charge on any atom is -0.323 e. The van der Waals surface area contributed by atoms with Gasteiger partial charge in [0.05, 0.1) is 5.56 Å². The summed E-state index contributed by atoms with van der Waals surface area (Å²) in [6.45, 7) is 4.78. The van der Waals surface area contributed by atoms with Crippen LogP contribution in [0.2, 0.25) is 0 Å². The molecule has 2 unspecified atom stereocenters. The third-order valence-corrected chi connectivity index (χ3v) is 4.04. The lowest BCUT2D eigenvalue weighted by molar-refractivity contribution is -0.137. The zero-order valence-corrected chi connectivity index (χ0v) is 11.7. The van der Waals surface area contributed by atoms with Crippen molar-refractivity contribution >= 4 is 0 Å².